The summed E-state index contributed by atoms with van der Waals surface area (Å²) in [6.07, 6.45) is 66.6. The van der Waals surface area contributed by atoms with Gasteiger partial charge in [-0.15, -0.1) is 0 Å². The Kier molecular flexibility index (Phi) is 52.8. The van der Waals surface area contributed by atoms with E-state index in [1.807, 2.05) is 0 Å². The third kappa shape index (κ3) is 52.3. The van der Waals surface area contributed by atoms with Crippen LogP contribution < -0.4 is 0 Å². The number of rotatable bonds is 52. The van der Waals surface area contributed by atoms with Gasteiger partial charge in [-0.25, -0.2) is 0 Å². The lowest BCUT2D eigenvalue weighted by atomic mass is 10.0. The first-order valence-electron chi connectivity index (χ1n) is 28.6. The fourth-order valence-corrected chi connectivity index (χ4v) is 8.21. The minimum atomic E-state index is -0.779. The van der Waals surface area contributed by atoms with E-state index in [0.717, 1.165) is 83.5 Å². The topological polar surface area (TPSA) is 78.9 Å². The number of carbonyl (C=O) groups is 3. The van der Waals surface area contributed by atoms with Crippen molar-refractivity contribution < 1.29 is 28.6 Å². The molecule has 1 atom stereocenters. The lowest BCUT2D eigenvalue weighted by molar-refractivity contribution is -0.167. The Morgan fingerprint density at radius 2 is 0.545 bits per heavy atom. The van der Waals surface area contributed by atoms with Crippen molar-refractivity contribution in [1.82, 2.24) is 0 Å². The van der Waals surface area contributed by atoms with Crippen LogP contribution in [0.2, 0.25) is 0 Å². The van der Waals surface area contributed by atoms with Gasteiger partial charge in [0, 0.05) is 19.3 Å². The molecule has 0 amide bonds. The highest BCUT2D eigenvalue weighted by Gasteiger charge is 2.19. The van der Waals surface area contributed by atoms with Gasteiger partial charge >= 0.3 is 17.9 Å². The largest absolute Gasteiger partial charge is 0.462 e. The molecule has 6 nitrogen and oxygen atoms in total. The van der Waals surface area contributed by atoms with Gasteiger partial charge in [0.1, 0.15) is 13.2 Å². The summed E-state index contributed by atoms with van der Waals surface area (Å²) in [7, 11) is 0. The van der Waals surface area contributed by atoms with E-state index in [0.29, 0.717) is 19.3 Å². The molecule has 0 spiro atoms. The maximum Gasteiger partial charge on any atom is 0.306 e. The van der Waals surface area contributed by atoms with Crippen LogP contribution in [0.4, 0.5) is 0 Å². The third-order valence-corrected chi connectivity index (χ3v) is 12.6. The number of hydrogen-bond donors (Lipinski definition) is 0. The standard InChI is InChI=1S/C60H108O6/c1-4-7-10-13-16-19-22-25-27-29-30-31-33-35-38-41-44-47-50-53-59(62)65-56-57(55-64-58(61)52-49-46-43-40-37-34-24-21-18-15-12-9-6-3)66-60(63)54-51-48-45-42-39-36-32-28-26-23-20-17-14-11-8-5-2/h16,19,21,24-25,27,30-31,57H,4-15,17-18,20,22-23,26,28-29,32-56H2,1-3H3/b19-16-,24-21-,27-25-,31-30-. The van der Waals surface area contributed by atoms with E-state index in [-0.39, 0.29) is 31.1 Å². The van der Waals surface area contributed by atoms with Crippen LogP contribution in [0.3, 0.4) is 0 Å². The van der Waals surface area contributed by atoms with Gasteiger partial charge in [-0.1, -0.05) is 243 Å². The summed E-state index contributed by atoms with van der Waals surface area (Å²) in [5.74, 6) is -0.885. The molecule has 0 aliphatic carbocycles. The van der Waals surface area contributed by atoms with Crippen molar-refractivity contribution in [3.63, 3.8) is 0 Å². The molecule has 0 aliphatic heterocycles. The second-order valence-corrected chi connectivity index (χ2v) is 19.2. The average molecular weight is 926 g/mol. The van der Waals surface area contributed by atoms with Crippen LogP contribution in [-0.4, -0.2) is 37.2 Å². The molecule has 0 aromatic heterocycles. The number of hydrogen-bond acceptors (Lipinski definition) is 6. The summed E-state index contributed by atoms with van der Waals surface area (Å²) in [6.45, 7) is 6.61. The van der Waals surface area contributed by atoms with E-state index in [1.54, 1.807) is 0 Å². The normalized spacial score (nSPS) is 12.3. The van der Waals surface area contributed by atoms with Crippen LogP contribution in [0.5, 0.6) is 0 Å². The maximum atomic E-state index is 12.8. The molecule has 384 valence electrons. The SMILES string of the molecule is CCCCC/C=C\C/C=C\C/C=C\CCCCCCCCC(=O)OCC(COC(=O)CCCCCCC/C=C\CCCCCC)OC(=O)CCCCCCCCCCCCCCCCCC. The average Bonchev–Trinajstić information content (AvgIpc) is 3.31. The molecular formula is C60H108O6. The zero-order valence-corrected chi connectivity index (χ0v) is 44.0. The smallest absolute Gasteiger partial charge is 0.306 e. The molecule has 0 radical (unpaired) electrons. The zero-order valence-electron chi connectivity index (χ0n) is 44.0. The van der Waals surface area contributed by atoms with Crippen molar-refractivity contribution in [1.29, 1.82) is 0 Å². The van der Waals surface area contributed by atoms with E-state index < -0.39 is 6.10 Å². The molecular weight excluding hydrogens is 817 g/mol. The van der Waals surface area contributed by atoms with Crippen molar-refractivity contribution in [3.05, 3.63) is 48.6 Å². The van der Waals surface area contributed by atoms with Gasteiger partial charge in [0.05, 0.1) is 0 Å². The van der Waals surface area contributed by atoms with Crippen molar-refractivity contribution in [3.8, 4) is 0 Å². The fourth-order valence-electron chi connectivity index (χ4n) is 8.21. The minimum absolute atomic E-state index is 0.0790. The second-order valence-electron chi connectivity index (χ2n) is 19.2. The van der Waals surface area contributed by atoms with Crippen molar-refractivity contribution in [2.45, 2.75) is 303 Å². The summed E-state index contributed by atoms with van der Waals surface area (Å²) < 4.78 is 16.9. The summed E-state index contributed by atoms with van der Waals surface area (Å²) in [4.78, 5) is 38.1. The van der Waals surface area contributed by atoms with E-state index >= 15 is 0 Å². The highest BCUT2D eigenvalue weighted by Crippen LogP contribution is 2.16. The van der Waals surface area contributed by atoms with Gasteiger partial charge in [0.25, 0.3) is 0 Å². The summed E-state index contributed by atoms with van der Waals surface area (Å²) in [5.41, 5.74) is 0. The van der Waals surface area contributed by atoms with E-state index in [2.05, 4.69) is 69.4 Å². The van der Waals surface area contributed by atoms with Crippen molar-refractivity contribution in [2.24, 2.45) is 0 Å². The Morgan fingerprint density at radius 1 is 0.303 bits per heavy atom. The fraction of sp³-hybridized carbons (Fsp3) is 0.817. The van der Waals surface area contributed by atoms with Gasteiger partial charge < -0.3 is 14.2 Å². The molecule has 6 heteroatoms. The molecule has 0 fully saturated rings. The second kappa shape index (κ2) is 55.0. The Balaban J connectivity index is 4.37. The lowest BCUT2D eigenvalue weighted by Gasteiger charge is -2.18. The van der Waals surface area contributed by atoms with Crippen LogP contribution in [0, 0.1) is 0 Å². The van der Waals surface area contributed by atoms with Gasteiger partial charge in [0.2, 0.25) is 0 Å². The predicted molar refractivity (Wildman–Crippen MR) is 284 cm³/mol. The summed E-state index contributed by atoms with van der Waals surface area (Å²) >= 11 is 0. The van der Waals surface area contributed by atoms with E-state index in [1.165, 1.54) is 173 Å². The number of unbranched alkanes of at least 4 members (excludes halogenated alkanes) is 33. The molecule has 1 unspecified atom stereocenters. The Bertz CT molecular complexity index is 1150. The third-order valence-electron chi connectivity index (χ3n) is 12.6. The monoisotopic (exact) mass is 925 g/mol. The first-order valence-corrected chi connectivity index (χ1v) is 28.6. The summed E-state index contributed by atoms with van der Waals surface area (Å²) in [6, 6.07) is 0. The first-order chi connectivity index (χ1) is 32.5. The van der Waals surface area contributed by atoms with E-state index in [9.17, 15) is 14.4 Å². The number of esters is 3. The highest BCUT2D eigenvalue weighted by atomic mass is 16.6. The van der Waals surface area contributed by atoms with Crippen LogP contribution in [-0.2, 0) is 28.6 Å². The van der Waals surface area contributed by atoms with Crippen molar-refractivity contribution >= 4 is 17.9 Å². The molecule has 66 heavy (non-hydrogen) atoms. The molecule has 0 saturated heterocycles. The molecule has 0 aromatic rings. The number of ether oxygens (including phenoxy) is 3. The van der Waals surface area contributed by atoms with Gasteiger partial charge in [-0.05, 0) is 83.5 Å². The first kappa shape index (κ1) is 63.4. The van der Waals surface area contributed by atoms with Crippen LogP contribution >= 0.6 is 0 Å². The molecule has 0 aliphatic rings. The van der Waals surface area contributed by atoms with Crippen molar-refractivity contribution in [2.75, 3.05) is 13.2 Å². The quantitative estimate of drug-likeness (QED) is 0.0262. The Labute approximate surface area is 409 Å². The van der Waals surface area contributed by atoms with Gasteiger partial charge in [-0.2, -0.15) is 0 Å². The highest BCUT2D eigenvalue weighted by molar-refractivity contribution is 5.71. The molecule has 0 aromatic carbocycles. The predicted octanol–water partition coefficient (Wildman–Crippen LogP) is 19.0. The van der Waals surface area contributed by atoms with E-state index in [4.69, 9.17) is 14.2 Å². The summed E-state index contributed by atoms with van der Waals surface area (Å²) in [5, 5.41) is 0. The van der Waals surface area contributed by atoms with Crippen LogP contribution in [0.15, 0.2) is 48.6 Å². The molecule has 0 heterocycles. The zero-order chi connectivity index (χ0) is 47.9. The van der Waals surface area contributed by atoms with Gasteiger partial charge in [0.15, 0.2) is 6.10 Å². The van der Waals surface area contributed by atoms with Crippen LogP contribution in [0.25, 0.3) is 0 Å². The molecule has 0 saturated carbocycles. The van der Waals surface area contributed by atoms with Gasteiger partial charge in [-0.3, -0.25) is 14.4 Å². The Hall–Kier alpha value is -2.63. The molecule has 0 rings (SSSR count). The number of carbonyl (C=O) groups excluding carboxylic acids is 3. The minimum Gasteiger partial charge on any atom is -0.462 e. The molecule has 0 bridgehead atoms. The maximum absolute atomic E-state index is 12.8. The lowest BCUT2D eigenvalue weighted by Crippen LogP contribution is -2.30. The Morgan fingerprint density at radius 3 is 0.909 bits per heavy atom. The molecule has 0 N–H and O–H groups in total. The number of allylic oxidation sites excluding steroid dienone is 8. The van der Waals surface area contributed by atoms with Crippen LogP contribution in [0.1, 0.15) is 297 Å².